The average Bonchev–Trinajstić information content (AvgIpc) is 3.16. The van der Waals surface area contributed by atoms with E-state index in [1.54, 1.807) is 0 Å². The van der Waals surface area contributed by atoms with Crippen molar-refractivity contribution in [2.45, 2.75) is 4.34 Å². The molecule has 0 aliphatic heterocycles. The number of hydrogen-bond donors (Lipinski definition) is 1. The lowest BCUT2D eigenvalue weighted by atomic mass is 10.3. The minimum absolute atomic E-state index is 0.111. The molecule has 0 amide bonds. The molecule has 1 N–H and O–H groups in total. The van der Waals surface area contributed by atoms with Crippen LogP contribution in [0.4, 0.5) is 10.8 Å². The summed E-state index contributed by atoms with van der Waals surface area (Å²) in [5.74, 6) is 0.478. The Morgan fingerprint density at radius 1 is 1.27 bits per heavy atom. The Morgan fingerprint density at radius 3 is 2.95 bits per heavy atom. The van der Waals surface area contributed by atoms with Crippen LogP contribution in [0.25, 0.3) is 0 Å². The van der Waals surface area contributed by atoms with Gasteiger partial charge in [-0.05, 0) is 29.6 Å². The second-order valence-electron chi connectivity index (χ2n) is 4.20. The number of hydrogen-bond acceptors (Lipinski definition) is 7. The number of thiophene rings is 1. The van der Waals surface area contributed by atoms with Gasteiger partial charge in [-0.1, -0.05) is 46.8 Å². The highest BCUT2D eigenvalue weighted by molar-refractivity contribution is 8.01. The Morgan fingerprint density at radius 2 is 2.18 bits per heavy atom. The molecule has 3 aromatic rings. The Labute approximate surface area is 144 Å². The lowest BCUT2D eigenvalue weighted by molar-refractivity contribution is 0.102. The highest BCUT2D eigenvalue weighted by Crippen LogP contribution is 2.29. The molecule has 22 heavy (non-hydrogen) atoms. The largest absolute Gasteiger partial charge is 0.330 e. The van der Waals surface area contributed by atoms with Crippen molar-refractivity contribution in [1.82, 2.24) is 10.2 Å². The van der Waals surface area contributed by atoms with Crippen LogP contribution >= 0.6 is 46.0 Å². The van der Waals surface area contributed by atoms with E-state index in [1.807, 2.05) is 41.8 Å². The molecule has 3 rings (SSSR count). The van der Waals surface area contributed by atoms with E-state index in [0.717, 1.165) is 14.9 Å². The van der Waals surface area contributed by atoms with E-state index in [2.05, 4.69) is 15.5 Å². The highest BCUT2D eigenvalue weighted by atomic mass is 35.5. The first-order valence-corrected chi connectivity index (χ1v) is 9.32. The molecule has 0 atom stereocenters. The molecule has 0 aliphatic carbocycles. The molecule has 0 radical (unpaired) electrons. The van der Waals surface area contributed by atoms with Crippen LogP contribution < -0.4 is 5.32 Å². The fourth-order valence-corrected chi connectivity index (χ4v) is 4.25. The first-order chi connectivity index (χ1) is 10.7. The molecule has 0 bridgehead atoms. The van der Waals surface area contributed by atoms with Crippen LogP contribution in [0.1, 0.15) is 9.67 Å². The van der Waals surface area contributed by atoms with Gasteiger partial charge in [-0.15, -0.1) is 21.5 Å². The van der Waals surface area contributed by atoms with Crippen LogP contribution in [0.5, 0.6) is 0 Å². The average molecular weight is 368 g/mol. The Kier molecular flexibility index (Phi) is 5.09. The molecule has 8 heteroatoms. The number of carbonyl (C=O) groups excluding carboxylic acids is 1. The van der Waals surface area contributed by atoms with E-state index < -0.39 is 0 Å². The summed E-state index contributed by atoms with van der Waals surface area (Å²) >= 11 is 10.2. The van der Waals surface area contributed by atoms with Crippen molar-refractivity contribution in [1.29, 1.82) is 0 Å². The molecule has 2 aromatic heterocycles. The van der Waals surface area contributed by atoms with Gasteiger partial charge in [-0.25, -0.2) is 0 Å². The topological polar surface area (TPSA) is 54.9 Å². The molecule has 4 nitrogen and oxygen atoms in total. The highest BCUT2D eigenvalue weighted by Gasteiger charge is 2.11. The maximum absolute atomic E-state index is 11.9. The predicted molar refractivity (Wildman–Crippen MR) is 94.0 cm³/mol. The van der Waals surface area contributed by atoms with Gasteiger partial charge in [0, 0.05) is 10.7 Å². The molecular weight excluding hydrogens is 358 g/mol. The van der Waals surface area contributed by atoms with Gasteiger partial charge in [-0.3, -0.25) is 4.79 Å². The third-order valence-electron chi connectivity index (χ3n) is 2.61. The summed E-state index contributed by atoms with van der Waals surface area (Å²) in [7, 11) is 0. The lowest BCUT2D eigenvalue weighted by Crippen LogP contribution is -1.98. The van der Waals surface area contributed by atoms with Crippen LogP contribution in [0.3, 0.4) is 0 Å². The molecule has 0 spiro atoms. The van der Waals surface area contributed by atoms with Gasteiger partial charge in [0.25, 0.3) is 0 Å². The molecule has 0 unspecified atom stereocenters. The van der Waals surface area contributed by atoms with Crippen LogP contribution in [-0.2, 0) is 0 Å². The number of nitrogens with one attached hydrogen (secondary N) is 1. The van der Waals surface area contributed by atoms with Gasteiger partial charge in [0.05, 0.1) is 10.6 Å². The van der Waals surface area contributed by atoms with Crippen LogP contribution in [0, 0.1) is 0 Å². The Hall–Kier alpha value is -1.41. The predicted octanol–water partition coefficient (Wildman–Crippen LogP) is 4.97. The Bertz CT molecular complexity index is 773. The van der Waals surface area contributed by atoms with Crippen molar-refractivity contribution in [3.8, 4) is 0 Å². The van der Waals surface area contributed by atoms with E-state index >= 15 is 0 Å². The first kappa shape index (κ1) is 15.5. The zero-order chi connectivity index (χ0) is 15.4. The second kappa shape index (κ2) is 7.23. The third-order valence-corrected chi connectivity index (χ3v) is 5.72. The number of Topliss-reactive ketones (excluding diaryl/α,β-unsaturated/α-hetero) is 1. The number of halogens is 1. The monoisotopic (exact) mass is 367 g/mol. The third kappa shape index (κ3) is 4.07. The fourth-order valence-electron chi connectivity index (χ4n) is 1.64. The molecule has 0 saturated carbocycles. The molecule has 0 saturated heterocycles. The van der Waals surface area contributed by atoms with E-state index in [-0.39, 0.29) is 5.78 Å². The van der Waals surface area contributed by atoms with Gasteiger partial charge >= 0.3 is 0 Å². The van der Waals surface area contributed by atoms with Gasteiger partial charge in [0.15, 0.2) is 10.1 Å². The van der Waals surface area contributed by atoms with Gasteiger partial charge in [0.2, 0.25) is 5.13 Å². The Balaban J connectivity index is 1.58. The minimum atomic E-state index is 0.111. The first-order valence-electron chi connectivity index (χ1n) is 6.26. The molecule has 0 aliphatic rings. The number of anilines is 2. The maximum atomic E-state index is 11.9. The molecule has 112 valence electrons. The fraction of sp³-hybridized carbons (Fsp3) is 0.0714. The van der Waals surface area contributed by atoms with Crippen molar-refractivity contribution in [2.75, 3.05) is 11.1 Å². The molecule has 1 aromatic carbocycles. The summed E-state index contributed by atoms with van der Waals surface area (Å²) in [5, 5.41) is 14.5. The summed E-state index contributed by atoms with van der Waals surface area (Å²) in [4.78, 5) is 12.7. The van der Waals surface area contributed by atoms with E-state index in [4.69, 9.17) is 11.6 Å². The van der Waals surface area contributed by atoms with Crippen molar-refractivity contribution >= 4 is 62.6 Å². The normalized spacial score (nSPS) is 10.6. The summed E-state index contributed by atoms with van der Waals surface area (Å²) < 4.78 is 0.759. The van der Waals surface area contributed by atoms with Crippen molar-refractivity contribution in [2.24, 2.45) is 0 Å². The molecule has 0 fully saturated rings. The van der Waals surface area contributed by atoms with E-state index in [0.29, 0.717) is 15.9 Å². The standard InChI is InChI=1S/C14H10ClN3OS3/c15-9-3-1-4-10(7-9)16-13-17-18-14(22-13)21-8-11(19)12-5-2-6-20-12/h1-7H,8H2,(H,16,17). The molecular formula is C14H10ClN3OS3. The van der Waals surface area contributed by atoms with Gasteiger partial charge < -0.3 is 5.32 Å². The number of rotatable bonds is 6. The van der Waals surface area contributed by atoms with E-state index in [9.17, 15) is 4.79 Å². The minimum Gasteiger partial charge on any atom is -0.330 e. The SMILES string of the molecule is O=C(CSc1nnc(Nc2cccc(Cl)c2)s1)c1cccs1. The lowest BCUT2D eigenvalue weighted by Gasteiger charge is -2.01. The maximum Gasteiger partial charge on any atom is 0.210 e. The number of aromatic nitrogens is 2. The van der Waals surface area contributed by atoms with Crippen molar-refractivity contribution in [3.63, 3.8) is 0 Å². The van der Waals surface area contributed by atoms with Gasteiger partial charge in [0.1, 0.15) is 0 Å². The summed E-state index contributed by atoms with van der Waals surface area (Å²) in [6.07, 6.45) is 0. The zero-order valence-corrected chi connectivity index (χ0v) is 14.4. The number of nitrogens with zero attached hydrogens (tertiary/aromatic N) is 2. The van der Waals surface area contributed by atoms with Gasteiger partial charge in [-0.2, -0.15) is 0 Å². The van der Waals surface area contributed by atoms with E-state index in [1.165, 1.54) is 34.4 Å². The summed E-state index contributed by atoms with van der Waals surface area (Å²) in [6.45, 7) is 0. The van der Waals surface area contributed by atoms with Crippen LogP contribution in [0.15, 0.2) is 46.1 Å². The molecule has 2 heterocycles. The number of carbonyl (C=O) groups is 1. The van der Waals surface area contributed by atoms with Crippen LogP contribution in [-0.4, -0.2) is 21.7 Å². The number of benzene rings is 1. The quantitative estimate of drug-likeness (QED) is 0.492. The zero-order valence-electron chi connectivity index (χ0n) is 11.2. The van der Waals surface area contributed by atoms with Crippen LogP contribution in [0.2, 0.25) is 5.02 Å². The van der Waals surface area contributed by atoms with Crippen molar-refractivity contribution in [3.05, 3.63) is 51.7 Å². The summed E-state index contributed by atoms with van der Waals surface area (Å²) in [5.41, 5.74) is 0.856. The summed E-state index contributed by atoms with van der Waals surface area (Å²) in [6, 6.07) is 11.1. The second-order valence-corrected chi connectivity index (χ2v) is 7.78. The van der Waals surface area contributed by atoms with Crippen molar-refractivity contribution < 1.29 is 4.79 Å². The number of ketones is 1. The smallest absolute Gasteiger partial charge is 0.210 e. The number of thioether (sulfide) groups is 1.